The Balaban J connectivity index is 3.21. The fourth-order valence-electron chi connectivity index (χ4n) is 2.18. The predicted octanol–water partition coefficient (Wildman–Crippen LogP) is 4.59. The van der Waals surface area contributed by atoms with E-state index in [9.17, 15) is 4.79 Å². The lowest BCUT2D eigenvalue weighted by Crippen LogP contribution is -2.21. The summed E-state index contributed by atoms with van der Waals surface area (Å²) in [6, 6.07) is 6.38. The molecule has 94 valence electrons. The highest BCUT2D eigenvalue weighted by molar-refractivity contribution is 6.63. The fraction of sp³-hybridized carbons (Fsp3) is 0.533. The van der Waals surface area contributed by atoms with Crippen LogP contribution in [0, 0.1) is 19.3 Å². The minimum absolute atomic E-state index is 0.0309. The van der Waals surface area contributed by atoms with Crippen molar-refractivity contribution in [3.63, 3.8) is 0 Å². The summed E-state index contributed by atoms with van der Waals surface area (Å²) >= 11 is 5.58. The Morgan fingerprint density at radius 3 is 2.35 bits per heavy atom. The Morgan fingerprint density at radius 2 is 1.88 bits per heavy atom. The normalized spacial score (nSPS) is 13.5. The number of benzene rings is 1. The summed E-state index contributed by atoms with van der Waals surface area (Å²) in [5, 5.41) is -0.258. The average Bonchev–Trinajstić information content (AvgIpc) is 2.16. The van der Waals surface area contributed by atoms with Gasteiger partial charge in [0.25, 0.3) is 0 Å². The topological polar surface area (TPSA) is 17.1 Å². The maximum Gasteiger partial charge on any atom is 0.222 e. The van der Waals surface area contributed by atoms with Crippen LogP contribution in [0.3, 0.4) is 0 Å². The minimum Gasteiger partial charge on any atom is -0.281 e. The van der Waals surface area contributed by atoms with Crippen molar-refractivity contribution in [2.45, 2.75) is 47.0 Å². The molecule has 1 rings (SSSR count). The molecular weight excluding hydrogens is 232 g/mol. The first-order chi connectivity index (χ1) is 7.71. The van der Waals surface area contributed by atoms with Crippen LogP contribution in [0.2, 0.25) is 0 Å². The van der Waals surface area contributed by atoms with E-state index < -0.39 is 0 Å². The summed E-state index contributed by atoms with van der Waals surface area (Å²) in [5.41, 5.74) is 3.73. The summed E-state index contributed by atoms with van der Waals surface area (Å²) < 4.78 is 0. The molecule has 1 unspecified atom stereocenters. The van der Waals surface area contributed by atoms with Crippen molar-refractivity contribution in [2.24, 2.45) is 5.41 Å². The van der Waals surface area contributed by atoms with E-state index >= 15 is 0 Å². The zero-order valence-electron chi connectivity index (χ0n) is 11.3. The van der Waals surface area contributed by atoms with Gasteiger partial charge in [0.15, 0.2) is 0 Å². The predicted molar refractivity (Wildman–Crippen MR) is 73.6 cm³/mol. The Bertz CT molecular complexity index is 415. The lowest BCUT2D eigenvalue weighted by Gasteiger charge is -2.31. The van der Waals surface area contributed by atoms with Crippen molar-refractivity contribution in [1.29, 1.82) is 0 Å². The lowest BCUT2D eigenvalue weighted by atomic mass is 9.73. The van der Waals surface area contributed by atoms with E-state index in [4.69, 9.17) is 11.6 Å². The highest BCUT2D eigenvalue weighted by Crippen LogP contribution is 2.39. The average molecular weight is 253 g/mol. The molecule has 1 nitrogen and oxygen atoms in total. The first kappa shape index (κ1) is 14.2. The highest BCUT2D eigenvalue weighted by atomic mass is 35.5. The third kappa shape index (κ3) is 3.85. The largest absolute Gasteiger partial charge is 0.281 e. The fourth-order valence-corrected chi connectivity index (χ4v) is 2.33. The molecule has 0 aromatic heterocycles. The third-order valence-corrected chi connectivity index (χ3v) is 3.37. The molecule has 2 heteroatoms. The van der Waals surface area contributed by atoms with Gasteiger partial charge in [-0.25, -0.2) is 0 Å². The molecular formula is C15H21ClO. The number of rotatable bonds is 3. The van der Waals surface area contributed by atoms with Gasteiger partial charge in [-0.05, 0) is 47.9 Å². The number of halogens is 1. The Kier molecular flexibility index (Phi) is 4.37. The summed E-state index contributed by atoms with van der Waals surface area (Å²) in [5.74, 6) is 0.174. The van der Waals surface area contributed by atoms with Crippen molar-refractivity contribution >= 4 is 16.8 Å². The van der Waals surface area contributed by atoms with Gasteiger partial charge in [-0.15, -0.1) is 0 Å². The summed E-state index contributed by atoms with van der Waals surface area (Å²) in [6.45, 7) is 10.6. The maximum atomic E-state index is 11.2. The summed E-state index contributed by atoms with van der Waals surface area (Å²) in [7, 11) is 0. The van der Waals surface area contributed by atoms with Crippen LogP contribution in [0.4, 0.5) is 0 Å². The lowest BCUT2D eigenvalue weighted by molar-refractivity contribution is -0.112. The number of hydrogen-bond acceptors (Lipinski definition) is 1. The zero-order chi connectivity index (χ0) is 13.2. The molecule has 0 radical (unpaired) electrons. The van der Waals surface area contributed by atoms with Crippen molar-refractivity contribution < 1.29 is 4.79 Å². The number of aryl methyl sites for hydroxylation is 2. The number of carbonyl (C=O) groups is 1. The van der Waals surface area contributed by atoms with Crippen LogP contribution >= 0.6 is 11.6 Å². The Labute approximate surface area is 109 Å². The molecule has 0 heterocycles. The molecule has 0 fully saturated rings. The van der Waals surface area contributed by atoms with E-state index in [-0.39, 0.29) is 16.6 Å². The van der Waals surface area contributed by atoms with Crippen LogP contribution in [0.25, 0.3) is 0 Å². The molecule has 1 aromatic carbocycles. The van der Waals surface area contributed by atoms with Crippen LogP contribution in [-0.4, -0.2) is 5.24 Å². The third-order valence-electron chi connectivity index (χ3n) is 3.22. The molecule has 17 heavy (non-hydrogen) atoms. The van der Waals surface area contributed by atoms with E-state index in [0.29, 0.717) is 6.42 Å². The molecule has 0 bridgehead atoms. The first-order valence-corrected chi connectivity index (χ1v) is 6.35. The monoisotopic (exact) mass is 252 g/mol. The number of hydrogen-bond donors (Lipinski definition) is 0. The van der Waals surface area contributed by atoms with Gasteiger partial charge in [0.1, 0.15) is 0 Å². The Morgan fingerprint density at radius 1 is 1.29 bits per heavy atom. The van der Waals surface area contributed by atoms with Crippen LogP contribution in [0.5, 0.6) is 0 Å². The quantitative estimate of drug-likeness (QED) is 0.719. The van der Waals surface area contributed by atoms with Crippen LogP contribution in [0.1, 0.15) is 49.8 Å². The van der Waals surface area contributed by atoms with Crippen LogP contribution < -0.4 is 0 Å². The van der Waals surface area contributed by atoms with Crippen molar-refractivity contribution in [1.82, 2.24) is 0 Å². The molecule has 0 aliphatic heterocycles. The second-order valence-electron chi connectivity index (χ2n) is 5.84. The standard InChI is InChI=1S/C15H21ClO/c1-10-6-7-11(2)12(8-10)13(9-14(16)17)15(3,4)5/h6-8,13H,9H2,1-5H3. The molecule has 0 N–H and O–H groups in total. The van der Waals surface area contributed by atoms with E-state index in [2.05, 4.69) is 52.8 Å². The van der Waals surface area contributed by atoms with Crippen LogP contribution in [-0.2, 0) is 4.79 Å². The molecule has 1 aromatic rings. The van der Waals surface area contributed by atoms with E-state index in [1.807, 2.05) is 0 Å². The van der Waals surface area contributed by atoms with Crippen molar-refractivity contribution in [3.8, 4) is 0 Å². The summed E-state index contributed by atoms with van der Waals surface area (Å²) in [4.78, 5) is 11.2. The first-order valence-electron chi connectivity index (χ1n) is 5.97. The van der Waals surface area contributed by atoms with Gasteiger partial charge in [-0.2, -0.15) is 0 Å². The van der Waals surface area contributed by atoms with Gasteiger partial charge >= 0.3 is 0 Å². The molecule has 0 spiro atoms. The molecule has 1 atom stereocenters. The molecule has 0 saturated carbocycles. The van der Waals surface area contributed by atoms with Crippen molar-refractivity contribution in [2.75, 3.05) is 0 Å². The SMILES string of the molecule is Cc1ccc(C)c(C(CC(=O)Cl)C(C)(C)C)c1. The van der Waals surface area contributed by atoms with Gasteiger partial charge < -0.3 is 0 Å². The molecule has 0 saturated heterocycles. The summed E-state index contributed by atoms with van der Waals surface area (Å²) in [6.07, 6.45) is 0.398. The Hall–Kier alpha value is -0.820. The number of carbonyl (C=O) groups excluding carboxylic acids is 1. The second-order valence-corrected chi connectivity index (χ2v) is 6.26. The van der Waals surface area contributed by atoms with Gasteiger partial charge in [0.2, 0.25) is 5.24 Å². The van der Waals surface area contributed by atoms with Crippen molar-refractivity contribution in [3.05, 3.63) is 34.9 Å². The molecule has 0 amide bonds. The zero-order valence-corrected chi connectivity index (χ0v) is 12.1. The van der Waals surface area contributed by atoms with Crippen LogP contribution in [0.15, 0.2) is 18.2 Å². The van der Waals surface area contributed by atoms with E-state index in [0.717, 1.165) is 0 Å². The smallest absolute Gasteiger partial charge is 0.222 e. The second kappa shape index (κ2) is 5.22. The highest BCUT2D eigenvalue weighted by Gasteiger charge is 2.29. The minimum atomic E-state index is -0.258. The maximum absolute atomic E-state index is 11.2. The van der Waals surface area contributed by atoms with Gasteiger partial charge in [0, 0.05) is 6.42 Å². The van der Waals surface area contributed by atoms with Gasteiger partial charge in [-0.3, -0.25) is 4.79 Å². The molecule has 0 aliphatic rings. The van der Waals surface area contributed by atoms with Gasteiger partial charge in [-0.1, -0.05) is 44.5 Å². The van der Waals surface area contributed by atoms with Gasteiger partial charge in [0.05, 0.1) is 0 Å². The van der Waals surface area contributed by atoms with E-state index in [1.165, 1.54) is 16.7 Å². The van der Waals surface area contributed by atoms with E-state index in [1.54, 1.807) is 0 Å². The molecule has 0 aliphatic carbocycles.